The van der Waals surface area contributed by atoms with Gasteiger partial charge in [-0.3, -0.25) is 9.36 Å². The highest BCUT2D eigenvalue weighted by atomic mass is 35.5. The molecule has 2 aromatic carbocycles. The van der Waals surface area contributed by atoms with E-state index < -0.39 is 0 Å². The molecule has 0 unspecified atom stereocenters. The number of ether oxygens (including phenoxy) is 2. The third-order valence-corrected chi connectivity index (χ3v) is 5.62. The summed E-state index contributed by atoms with van der Waals surface area (Å²) in [5, 5.41) is 1.97. The molecule has 0 spiro atoms. The normalized spacial score (nSPS) is 13.6. The fourth-order valence-electron chi connectivity index (χ4n) is 3.19. The second-order valence-corrected chi connectivity index (χ2v) is 8.01. The molecule has 5 nitrogen and oxygen atoms in total. The van der Waals surface area contributed by atoms with Crippen molar-refractivity contribution in [3.8, 4) is 5.75 Å². The lowest BCUT2D eigenvalue weighted by molar-refractivity contribution is -0.0168. The lowest BCUT2D eigenvalue weighted by Crippen LogP contribution is -2.25. The molecule has 0 aliphatic carbocycles. The highest BCUT2D eigenvalue weighted by molar-refractivity contribution is 7.98. The molecule has 140 valence electrons. The number of thioether (sulfide) groups is 1. The van der Waals surface area contributed by atoms with Crippen LogP contribution in [0, 0.1) is 0 Å². The molecule has 4 rings (SSSR count). The molecule has 0 atom stereocenters. The second-order valence-electron chi connectivity index (χ2n) is 6.63. The van der Waals surface area contributed by atoms with Crippen LogP contribution < -0.4 is 10.3 Å². The van der Waals surface area contributed by atoms with Gasteiger partial charge in [0, 0.05) is 27.9 Å². The van der Waals surface area contributed by atoms with Crippen LogP contribution in [0.3, 0.4) is 0 Å². The molecular weight excluding hydrogens is 384 g/mol. The van der Waals surface area contributed by atoms with Gasteiger partial charge in [0.2, 0.25) is 0 Å². The van der Waals surface area contributed by atoms with Gasteiger partial charge in [-0.25, -0.2) is 4.98 Å². The average Bonchev–Trinajstić information content (AvgIpc) is 2.65. The third kappa shape index (κ3) is 3.57. The van der Waals surface area contributed by atoms with Gasteiger partial charge in [-0.1, -0.05) is 35.5 Å². The first-order valence-electron chi connectivity index (χ1n) is 8.70. The van der Waals surface area contributed by atoms with Crippen molar-refractivity contribution in [2.75, 3.05) is 6.79 Å². The van der Waals surface area contributed by atoms with Crippen LogP contribution in [-0.2, 0) is 17.1 Å². The van der Waals surface area contributed by atoms with E-state index in [-0.39, 0.29) is 18.4 Å². The van der Waals surface area contributed by atoms with Crippen molar-refractivity contribution >= 4 is 34.3 Å². The molecule has 0 radical (unpaired) electrons. The van der Waals surface area contributed by atoms with Crippen LogP contribution in [0.5, 0.6) is 5.75 Å². The van der Waals surface area contributed by atoms with Crippen molar-refractivity contribution in [3.63, 3.8) is 0 Å². The van der Waals surface area contributed by atoms with Gasteiger partial charge in [0.1, 0.15) is 5.75 Å². The number of hydrogen-bond donors (Lipinski definition) is 0. The van der Waals surface area contributed by atoms with E-state index in [1.165, 1.54) is 11.8 Å². The summed E-state index contributed by atoms with van der Waals surface area (Å²) in [4.78, 5) is 17.7. The van der Waals surface area contributed by atoms with Gasteiger partial charge in [0.15, 0.2) is 11.9 Å². The number of rotatable bonds is 4. The topological polar surface area (TPSA) is 53.4 Å². The van der Waals surface area contributed by atoms with Gasteiger partial charge >= 0.3 is 0 Å². The molecule has 0 N–H and O–H groups in total. The van der Waals surface area contributed by atoms with E-state index in [1.54, 1.807) is 4.57 Å². The van der Waals surface area contributed by atoms with Crippen LogP contribution in [0.15, 0.2) is 46.3 Å². The smallest absolute Gasteiger partial charge is 0.262 e. The average molecular weight is 403 g/mol. The van der Waals surface area contributed by atoms with Crippen molar-refractivity contribution in [3.05, 3.63) is 62.9 Å². The predicted octanol–water partition coefficient (Wildman–Crippen LogP) is 4.79. The zero-order chi connectivity index (χ0) is 19.0. The quantitative estimate of drug-likeness (QED) is 0.464. The zero-order valence-electron chi connectivity index (χ0n) is 15.1. The van der Waals surface area contributed by atoms with E-state index >= 15 is 0 Å². The SMILES string of the molecule is CC(C)n1c(SCc2cc(Cl)cc3c2OCOC3)nc2ccccc2c1=O. The molecule has 0 saturated carbocycles. The van der Waals surface area contributed by atoms with Crippen LogP contribution in [-0.4, -0.2) is 16.3 Å². The van der Waals surface area contributed by atoms with E-state index in [4.69, 9.17) is 26.1 Å². The Morgan fingerprint density at radius 2 is 2.11 bits per heavy atom. The molecule has 0 amide bonds. The summed E-state index contributed by atoms with van der Waals surface area (Å²) in [7, 11) is 0. The second kappa shape index (κ2) is 7.54. The maximum atomic E-state index is 12.9. The Hall–Kier alpha value is -2.02. The van der Waals surface area contributed by atoms with Crippen molar-refractivity contribution in [2.45, 2.75) is 37.4 Å². The molecule has 0 bridgehead atoms. The van der Waals surface area contributed by atoms with Gasteiger partial charge in [0.25, 0.3) is 5.56 Å². The molecular formula is C20H19ClN2O3S. The highest BCUT2D eigenvalue weighted by Crippen LogP contribution is 2.35. The first-order valence-corrected chi connectivity index (χ1v) is 10.1. The fourth-order valence-corrected chi connectivity index (χ4v) is 4.55. The van der Waals surface area contributed by atoms with Crippen molar-refractivity contribution < 1.29 is 9.47 Å². The molecule has 3 aromatic rings. The van der Waals surface area contributed by atoms with E-state index in [2.05, 4.69) is 0 Å². The third-order valence-electron chi connectivity index (χ3n) is 4.40. The molecule has 2 heterocycles. The predicted molar refractivity (Wildman–Crippen MR) is 108 cm³/mol. The molecule has 27 heavy (non-hydrogen) atoms. The number of nitrogens with zero attached hydrogens (tertiary/aromatic N) is 2. The van der Waals surface area contributed by atoms with Gasteiger partial charge < -0.3 is 9.47 Å². The molecule has 1 aliphatic heterocycles. The van der Waals surface area contributed by atoms with Crippen molar-refractivity contribution in [1.29, 1.82) is 0 Å². The highest BCUT2D eigenvalue weighted by Gasteiger charge is 2.19. The molecule has 1 aliphatic rings. The molecule has 7 heteroatoms. The summed E-state index contributed by atoms with van der Waals surface area (Å²) in [5.41, 5.74) is 2.61. The van der Waals surface area contributed by atoms with Gasteiger partial charge in [-0.05, 0) is 38.1 Å². The molecule has 1 aromatic heterocycles. The number of hydrogen-bond acceptors (Lipinski definition) is 5. The van der Waals surface area contributed by atoms with Crippen LogP contribution in [0.1, 0.15) is 31.0 Å². The summed E-state index contributed by atoms with van der Waals surface area (Å²) < 4.78 is 12.8. The molecule has 0 saturated heterocycles. The standard InChI is InChI=1S/C20H19ClN2O3S/c1-12(2)23-19(24)16-5-3-4-6-17(16)22-20(23)27-10-14-8-15(21)7-13-9-25-11-26-18(13)14/h3-8,12H,9-11H2,1-2H3. The molecule has 0 fully saturated rings. The largest absolute Gasteiger partial charge is 0.467 e. The lowest BCUT2D eigenvalue weighted by atomic mass is 10.1. The van der Waals surface area contributed by atoms with E-state index in [9.17, 15) is 4.79 Å². The Kier molecular flexibility index (Phi) is 5.12. The van der Waals surface area contributed by atoms with Gasteiger partial charge in [-0.2, -0.15) is 0 Å². The fraction of sp³-hybridized carbons (Fsp3) is 0.300. The van der Waals surface area contributed by atoms with Gasteiger partial charge in [-0.15, -0.1) is 0 Å². The Bertz CT molecular complexity index is 1070. The lowest BCUT2D eigenvalue weighted by Gasteiger charge is -2.21. The summed E-state index contributed by atoms with van der Waals surface area (Å²) in [6, 6.07) is 11.2. The maximum absolute atomic E-state index is 12.9. The Balaban J connectivity index is 1.73. The number of benzene rings is 2. The number of halogens is 1. The first-order chi connectivity index (χ1) is 13.0. The summed E-state index contributed by atoms with van der Waals surface area (Å²) in [6.07, 6.45) is 0. The van der Waals surface area contributed by atoms with Crippen LogP contribution >= 0.6 is 23.4 Å². The Labute approximate surface area is 166 Å². The van der Waals surface area contributed by atoms with Gasteiger partial charge in [0.05, 0.1) is 17.5 Å². The minimum Gasteiger partial charge on any atom is -0.467 e. The monoisotopic (exact) mass is 402 g/mol. The van der Waals surface area contributed by atoms with Crippen LogP contribution in [0.4, 0.5) is 0 Å². The van der Waals surface area contributed by atoms with Crippen LogP contribution in [0.25, 0.3) is 10.9 Å². The minimum atomic E-state index is -0.0177. The van der Waals surface area contributed by atoms with E-state index in [1.807, 2.05) is 50.2 Å². The Morgan fingerprint density at radius 3 is 2.93 bits per heavy atom. The van der Waals surface area contributed by atoms with E-state index in [0.717, 1.165) is 16.9 Å². The number of fused-ring (bicyclic) bond motifs is 2. The minimum absolute atomic E-state index is 0.00929. The zero-order valence-corrected chi connectivity index (χ0v) is 16.6. The maximum Gasteiger partial charge on any atom is 0.262 e. The Morgan fingerprint density at radius 1 is 1.30 bits per heavy atom. The van der Waals surface area contributed by atoms with Crippen molar-refractivity contribution in [2.24, 2.45) is 0 Å². The number of aromatic nitrogens is 2. The van der Waals surface area contributed by atoms with Crippen molar-refractivity contribution in [1.82, 2.24) is 9.55 Å². The number of para-hydroxylation sites is 1. The van der Waals surface area contributed by atoms with Crippen LogP contribution in [0.2, 0.25) is 5.02 Å². The first kappa shape index (κ1) is 18.3. The summed E-state index contributed by atoms with van der Waals surface area (Å²) in [6.45, 7) is 4.70. The summed E-state index contributed by atoms with van der Waals surface area (Å²) >= 11 is 7.77. The van der Waals surface area contributed by atoms with E-state index in [0.29, 0.717) is 33.4 Å². The summed E-state index contributed by atoms with van der Waals surface area (Å²) in [5.74, 6) is 1.41.